The molecule has 0 amide bonds. The Hall–Kier alpha value is -2.84. The number of hydrogen-bond donors (Lipinski definition) is 0. The molecule has 5 fully saturated rings. The first kappa shape index (κ1) is 37.9. The number of allylic oxidation sites excluding steroid dienone is 17. The van der Waals surface area contributed by atoms with Crippen molar-refractivity contribution in [3.05, 3.63) is 120 Å². The maximum absolute atomic E-state index is 7.27. The predicted octanol–water partition coefficient (Wildman–Crippen LogP) is 13.6. The summed E-state index contributed by atoms with van der Waals surface area (Å²) in [6, 6.07) is 1.30. The Balaban J connectivity index is 0.978. The lowest BCUT2D eigenvalue weighted by molar-refractivity contribution is -0.171. The van der Waals surface area contributed by atoms with E-state index in [1.165, 1.54) is 108 Å². The summed E-state index contributed by atoms with van der Waals surface area (Å²) in [7, 11) is 0. The van der Waals surface area contributed by atoms with Crippen molar-refractivity contribution < 1.29 is 4.74 Å². The van der Waals surface area contributed by atoms with E-state index in [1.54, 1.807) is 16.8 Å². The van der Waals surface area contributed by atoms with E-state index < -0.39 is 0 Å². The highest BCUT2D eigenvalue weighted by atomic mass is 16.5. The van der Waals surface area contributed by atoms with Crippen molar-refractivity contribution in [3.8, 4) is 0 Å². The number of rotatable bonds is 4. The standard InChI is InChI=1S/C57H73NO/c1-36-15-13-24-49-55(36)59-52-26-12-11-22-46(52)57(49)47-23-14-25-51(54(47)53-42-19-8-7-18-39(42)29-34-48(53)57)58(40-30-27-38(28-31-40)37-16-5-4-6-17-37)41-32-33-44-43-20-9-10-21-45(43)56(2,3)50(44)35-41/h5,8-9,12-16,19-20,23-26,29,34,37-38,40-41,43-50,52-55H,4,6-7,10-11,17-18,21-22,27-28,30-33,35H2,1-3H3. The van der Waals surface area contributed by atoms with Crippen LogP contribution in [-0.2, 0) is 4.74 Å². The molecule has 312 valence electrons. The molecule has 15 unspecified atom stereocenters. The molecule has 0 radical (unpaired) electrons. The molecule has 1 aliphatic heterocycles. The van der Waals surface area contributed by atoms with Crippen LogP contribution in [0.15, 0.2) is 120 Å². The number of fused-ring (bicyclic) bond motifs is 13. The third-order valence-corrected chi connectivity index (χ3v) is 20.2. The lowest BCUT2D eigenvalue weighted by atomic mass is 9.49. The van der Waals surface area contributed by atoms with Gasteiger partial charge in [0.15, 0.2) is 0 Å². The van der Waals surface area contributed by atoms with Gasteiger partial charge in [0.2, 0.25) is 0 Å². The van der Waals surface area contributed by atoms with Crippen LogP contribution in [0.25, 0.3) is 0 Å². The molecule has 11 aliphatic carbocycles. The average molecular weight is 788 g/mol. The highest BCUT2D eigenvalue weighted by molar-refractivity contribution is 5.50. The maximum Gasteiger partial charge on any atom is 0.0862 e. The largest absolute Gasteiger partial charge is 0.369 e. The molecular formula is C57H73NO. The lowest BCUT2D eigenvalue weighted by Gasteiger charge is -2.60. The van der Waals surface area contributed by atoms with Crippen LogP contribution in [0.1, 0.15) is 124 Å². The smallest absolute Gasteiger partial charge is 0.0862 e. The number of ether oxygens (including phenoxy) is 1. The summed E-state index contributed by atoms with van der Waals surface area (Å²) >= 11 is 0. The normalized spacial score (nSPS) is 48.3. The zero-order chi connectivity index (χ0) is 39.5. The molecule has 12 aliphatic rings. The van der Waals surface area contributed by atoms with E-state index in [2.05, 4.69) is 123 Å². The highest BCUT2D eigenvalue weighted by Gasteiger charge is 2.70. The number of hydrogen-bond acceptors (Lipinski definition) is 2. The van der Waals surface area contributed by atoms with Crippen molar-refractivity contribution >= 4 is 0 Å². The van der Waals surface area contributed by atoms with Crippen molar-refractivity contribution in [2.24, 2.45) is 81.8 Å². The van der Waals surface area contributed by atoms with Gasteiger partial charge in [0.1, 0.15) is 0 Å². The SMILES string of the molecule is CC1=CC=CC2C1OC1C=CCCC1C21C2C=CC=C(N(C3CCC(C4C=CCCC4)CC3)C3CCC4C5C=CCCC5C(C)(C)C4C3)C2C2C3=C(C=CC21)CCC=C3. The van der Waals surface area contributed by atoms with E-state index in [4.69, 9.17) is 4.74 Å². The van der Waals surface area contributed by atoms with Gasteiger partial charge in [0.05, 0.1) is 12.2 Å². The van der Waals surface area contributed by atoms with Crippen LogP contribution in [0.5, 0.6) is 0 Å². The molecule has 0 aromatic carbocycles. The van der Waals surface area contributed by atoms with Crippen molar-refractivity contribution in [2.45, 2.75) is 148 Å². The predicted molar refractivity (Wildman–Crippen MR) is 243 cm³/mol. The van der Waals surface area contributed by atoms with E-state index in [0.29, 0.717) is 53.0 Å². The third kappa shape index (κ3) is 5.65. The fourth-order valence-electron chi connectivity index (χ4n) is 17.9. The third-order valence-electron chi connectivity index (χ3n) is 20.2. The first-order chi connectivity index (χ1) is 28.9. The van der Waals surface area contributed by atoms with Gasteiger partial charge < -0.3 is 9.64 Å². The monoisotopic (exact) mass is 788 g/mol. The fourth-order valence-corrected chi connectivity index (χ4v) is 17.9. The van der Waals surface area contributed by atoms with Crippen LogP contribution in [0.4, 0.5) is 0 Å². The molecule has 1 saturated heterocycles. The van der Waals surface area contributed by atoms with Gasteiger partial charge in [-0.05, 0) is 202 Å². The van der Waals surface area contributed by atoms with Crippen molar-refractivity contribution in [1.29, 1.82) is 0 Å². The zero-order valence-corrected chi connectivity index (χ0v) is 36.6. The first-order valence-electron chi connectivity index (χ1n) is 25.2. The van der Waals surface area contributed by atoms with E-state index in [0.717, 1.165) is 35.5 Å². The van der Waals surface area contributed by atoms with Crippen molar-refractivity contribution in [3.63, 3.8) is 0 Å². The van der Waals surface area contributed by atoms with Crippen molar-refractivity contribution in [2.75, 3.05) is 0 Å². The molecule has 0 aromatic rings. The zero-order valence-electron chi connectivity index (χ0n) is 36.6. The van der Waals surface area contributed by atoms with Crippen LogP contribution >= 0.6 is 0 Å². The first-order valence-corrected chi connectivity index (χ1v) is 25.2. The maximum atomic E-state index is 7.27. The second-order valence-electron chi connectivity index (χ2n) is 22.6. The van der Waals surface area contributed by atoms with Crippen LogP contribution < -0.4 is 0 Å². The van der Waals surface area contributed by atoms with Gasteiger partial charge in [0, 0.05) is 29.6 Å². The molecule has 2 heteroatoms. The highest BCUT2D eigenvalue weighted by Crippen LogP contribution is 2.73. The molecule has 0 N–H and O–H groups in total. The minimum absolute atomic E-state index is 0.111. The average Bonchev–Trinajstić information content (AvgIpc) is 3.71. The summed E-state index contributed by atoms with van der Waals surface area (Å²) in [6.07, 6.45) is 63.3. The second-order valence-corrected chi connectivity index (χ2v) is 22.6. The molecule has 12 rings (SSSR count). The fraction of sp³-hybridized carbons (Fsp3) is 0.649. The Morgan fingerprint density at radius 2 is 1.42 bits per heavy atom. The minimum Gasteiger partial charge on any atom is -0.369 e. The van der Waals surface area contributed by atoms with Crippen LogP contribution in [0.2, 0.25) is 0 Å². The lowest BCUT2D eigenvalue weighted by Crippen LogP contribution is -2.60. The van der Waals surface area contributed by atoms with Crippen molar-refractivity contribution in [1.82, 2.24) is 4.90 Å². The Morgan fingerprint density at radius 3 is 2.29 bits per heavy atom. The molecule has 4 saturated carbocycles. The summed E-state index contributed by atoms with van der Waals surface area (Å²) in [4.78, 5) is 3.27. The Labute approximate surface area is 357 Å². The quantitative estimate of drug-likeness (QED) is 0.263. The van der Waals surface area contributed by atoms with Gasteiger partial charge in [-0.25, -0.2) is 0 Å². The van der Waals surface area contributed by atoms with Gasteiger partial charge in [-0.2, -0.15) is 0 Å². The molecule has 0 bridgehead atoms. The molecule has 1 spiro atoms. The summed E-state index contributed by atoms with van der Waals surface area (Å²) < 4.78 is 7.27. The number of nitrogens with zero attached hydrogens (tertiary/aromatic N) is 1. The topological polar surface area (TPSA) is 12.5 Å². The van der Waals surface area contributed by atoms with Crippen LogP contribution in [-0.4, -0.2) is 29.2 Å². The van der Waals surface area contributed by atoms with Gasteiger partial charge in [-0.15, -0.1) is 0 Å². The van der Waals surface area contributed by atoms with E-state index in [-0.39, 0.29) is 17.6 Å². The minimum atomic E-state index is 0.111. The molecule has 0 aromatic heterocycles. The van der Waals surface area contributed by atoms with Gasteiger partial charge in [0.25, 0.3) is 0 Å². The molecule has 15 atom stereocenters. The van der Waals surface area contributed by atoms with Gasteiger partial charge in [-0.3, -0.25) is 0 Å². The van der Waals surface area contributed by atoms with Gasteiger partial charge in [-0.1, -0.05) is 105 Å². The van der Waals surface area contributed by atoms with Crippen LogP contribution in [0, 0.1) is 81.8 Å². The summed E-state index contributed by atoms with van der Waals surface area (Å²) in [5.41, 5.74) is 7.08. The molecular weight excluding hydrogens is 715 g/mol. The van der Waals surface area contributed by atoms with Gasteiger partial charge >= 0.3 is 0 Å². The summed E-state index contributed by atoms with van der Waals surface area (Å²) in [6.45, 7) is 7.77. The second kappa shape index (κ2) is 14.6. The summed E-state index contributed by atoms with van der Waals surface area (Å²) in [5.74, 6) is 8.02. The molecule has 1 heterocycles. The molecule has 2 nitrogen and oxygen atoms in total. The Morgan fingerprint density at radius 1 is 0.644 bits per heavy atom. The molecule has 59 heavy (non-hydrogen) atoms. The van der Waals surface area contributed by atoms with E-state index >= 15 is 0 Å². The van der Waals surface area contributed by atoms with E-state index in [1.807, 2.05) is 0 Å². The summed E-state index contributed by atoms with van der Waals surface area (Å²) in [5, 5.41) is 0. The Bertz CT molecular complexity index is 1990. The van der Waals surface area contributed by atoms with E-state index in [9.17, 15) is 0 Å². The Kier molecular flexibility index (Phi) is 9.39. The van der Waals surface area contributed by atoms with Crippen LogP contribution in [0.3, 0.4) is 0 Å².